The molecule has 1 aliphatic rings. The Morgan fingerprint density at radius 3 is 2.78 bits per heavy atom. The second-order valence-corrected chi connectivity index (χ2v) is 6.79. The largest absolute Gasteiger partial charge is 0.416 e. The molecule has 0 spiro atoms. The number of aliphatic hydroxyl groups is 1. The summed E-state index contributed by atoms with van der Waals surface area (Å²) in [6.07, 6.45) is -2.95. The van der Waals surface area contributed by atoms with Crippen LogP contribution in [-0.4, -0.2) is 17.2 Å². The Bertz CT molecular complexity index is 850. The summed E-state index contributed by atoms with van der Waals surface area (Å²) in [5, 5.41) is 15.2. The quantitative estimate of drug-likeness (QED) is 0.750. The SMILES string of the molecule is Cc1ccc(CNC(=O)Nc2cccc3c2CC(O)CC3)cc1C(F)(F)F. The molecule has 1 atom stereocenters. The summed E-state index contributed by atoms with van der Waals surface area (Å²) >= 11 is 0. The van der Waals surface area contributed by atoms with Crippen LogP contribution in [0.3, 0.4) is 0 Å². The standard InChI is InChI=1S/C20H21F3N2O2/c1-12-5-6-13(9-17(12)20(21,22)23)11-24-19(27)25-18-4-2-3-14-7-8-15(26)10-16(14)18/h2-6,9,15,26H,7-8,10-11H2,1H3,(H2,24,25,27). The fourth-order valence-corrected chi connectivity index (χ4v) is 3.32. The van der Waals surface area contributed by atoms with Crippen LogP contribution in [0.2, 0.25) is 0 Å². The van der Waals surface area contributed by atoms with Crippen LogP contribution in [0.25, 0.3) is 0 Å². The molecule has 0 fully saturated rings. The number of anilines is 1. The second kappa shape index (κ2) is 7.60. The smallest absolute Gasteiger partial charge is 0.393 e. The Kier molecular flexibility index (Phi) is 5.41. The van der Waals surface area contributed by atoms with Gasteiger partial charge in [-0.15, -0.1) is 0 Å². The number of hydrogen-bond acceptors (Lipinski definition) is 2. The van der Waals surface area contributed by atoms with Gasteiger partial charge in [-0.25, -0.2) is 4.79 Å². The highest BCUT2D eigenvalue weighted by atomic mass is 19.4. The van der Waals surface area contributed by atoms with E-state index in [9.17, 15) is 23.1 Å². The van der Waals surface area contributed by atoms with Gasteiger partial charge in [-0.3, -0.25) is 0 Å². The summed E-state index contributed by atoms with van der Waals surface area (Å²) in [6, 6.07) is 9.06. The highest BCUT2D eigenvalue weighted by Crippen LogP contribution is 2.32. The lowest BCUT2D eigenvalue weighted by atomic mass is 9.88. The maximum atomic E-state index is 13.0. The van der Waals surface area contributed by atoms with E-state index in [1.807, 2.05) is 12.1 Å². The maximum absolute atomic E-state index is 13.0. The highest BCUT2D eigenvalue weighted by Gasteiger charge is 2.32. The lowest BCUT2D eigenvalue weighted by molar-refractivity contribution is -0.138. The van der Waals surface area contributed by atoms with Gasteiger partial charge in [-0.05, 0) is 54.2 Å². The summed E-state index contributed by atoms with van der Waals surface area (Å²) in [5.74, 6) is 0. The van der Waals surface area contributed by atoms with Crippen LogP contribution in [-0.2, 0) is 25.6 Å². The maximum Gasteiger partial charge on any atom is 0.416 e. The molecule has 3 rings (SSSR count). The first kappa shape index (κ1) is 19.2. The molecule has 2 aromatic carbocycles. The van der Waals surface area contributed by atoms with Gasteiger partial charge in [0.25, 0.3) is 0 Å². The zero-order valence-electron chi connectivity index (χ0n) is 14.9. The number of alkyl halides is 3. The molecule has 4 nitrogen and oxygen atoms in total. The van der Waals surface area contributed by atoms with E-state index < -0.39 is 23.9 Å². The predicted octanol–water partition coefficient (Wildman–Crippen LogP) is 4.19. The average molecular weight is 378 g/mol. The molecular formula is C20H21F3N2O2. The number of amides is 2. The fraction of sp³-hybridized carbons (Fsp3) is 0.350. The van der Waals surface area contributed by atoms with Crippen LogP contribution >= 0.6 is 0 Å². The van der Waals surface area contributed by atoms with Gasteiger partial charge in [0.2, 0.25) is 0 Å². The monoisotopic (exact) mass is 378 g/mol. The molecule has 3 N–H and O–H groups in total. The van der Waals surface area contributed by atoms with E-state index in [1.54, 1.807) is 12.1 Å². The number of hydrogen-bond donors (Lipinski definition) is 3. The van der Waals surface area contributed by atoms with E-state index in [0.717, 1.165) is 23.6 Å². The Morgan fingerprint density at radius 1 is 1.26 bits per heavy atom. The molecule has 0 aromatic heterocycles. The lowest BCUT2D eigenvalue weighted by Gasteiger charge is -2.23. The third-order valence-corrected chi connectivity index (χ3v) is 4.77. The van der Waals surface area contributed by atoms with Crippen LogP contribution in [0.5, 0.6) is 0 Å². The first-order valence-electron chi connectivity index (χ1n) is 8.74. The number of halogens is 3. The van der Waals surface area contributed by atoms with Crippen LogP contribution < -0.4 is 10.6 Å². The van der Waals surface area contributed by atoms with Gasteiger partial charge in [-0.2, -0.15) is 13.2 Å². The number of carbonyl (C=O) groups is 1. The third kappa shape index (κ3) is 4.60. The second-order valence-electron chi connectivity index (χ2n) is 6.79. The van der Waals surface area contributed by atoms with Crippen molar-refractivity contribution < 1.29 is 23.1 Å². The van der Waals surface area contributed by atoms with Gasteiger partial charge in [0.1, 0.15) is 0 Å². The summed E-state index contributed by atoms with van der Waals surface area (Å²) < 4.78 is 39.0. The first-order valence-corrected chi connectivity index (χ1v) is 8.74. The summed E-state index contributed by atoms with van der Waals surface area (Å²) in [6.45, 7) is 1.38. The van der Waals surface area contributed by atoms with Crippen molar-refractivity contribution in [1.82, 2.24) is 5.32 Å². The molecule has 1 unspecified atom stereocenters. The minimum absolute atomic E-state index is 0.0210. The van der Waals surface area contributed by atoms with Gasteiger partial charge in [0, 0.05) is 18.7 Å². The van der Waals surface area contributed by atoms with Gasteiger partial charge in [-0.1, -0.05) is 24.3 Å². The van der Waals surface area contributed by atoms with E-state index in [0.29, 0.717) is 24.1 Å². The molecule has 1 aliphatic carbocycles. The normalized spacial score (nSPS) is 16.6. The number of aliphatic hydroxyl groups excluding tert-OH is 1. The summed E-state index contributed by atoms with van der Waals surface area (Å²) in [5.41, 5.74) is 2.42. The minimum atomic E-state index is -4.42. The van der Waals surface area contributed by atoms with E-state index in [4.69, 9.17) is 0 Å². The molecule has 27 heavy (non-hydrogen) atoms. The molecular weight excluding hydrogens is 357 g/mol. The molecule has 0 saturated heterocycles. The number of nitrogens with one attached hydrogen (secondary N) is 2. The third-order valence-electron chi connectivity index (χ3n) is 4.77. The summed E-state index contributed by atoms with van der Waals surface area (Å²) in [4.78, 5) is 12.2. The molecule has 0 bridgehead atoms. The molecule has 0 saturated carbocycles. The Hall–Kier alpha value is -2.54. The van der Waals surface area contributed by atoms with Crippen LogP contribution in [0.4, 0.5) is 23.7 Å². The summed E-state index contributed by atoms with van der Waals surface area (Å²) in [7, 11) is 0. The fourth-order valence-electron chi connectivity index (χ4n) is 3.32. The number of carbonyl (C=O) groups excluding carboxylic acids is 1. The van der Waals surface area contributed by atoms with Crippen molar-refractivity contribution in [3.8, 4) is 0 Å². The lowest BCUT2D eigenvalue weighted by Crippen LogP contribution is -2.30. The van der Waals surface area contributed by atoms with Crippen molar-refractivity contribution in [2.75, 3.05) is 5.32 Å². The number of fused-ring (bicyclic) bond motifs is 1. The number of rotatable bonds is 3. The van der Waals surface area contributed by atoms with Gasteiger partial charge >= 0.3 is 12.2 Å². The topological polar surface area (TPSA) is 61.4 Å². The van der Waals surface area contributed by atoms with Gasteiger partial charge in [0.05, 0.1) is 11.7 Å². The molecule has 144 valence electrons. The van der Waals surface area contributed by atoms with Crippen molar-refractivity contribution in [2.24, 2.45) is 0 Å². The molecule has 2 aromatic rings. The van der Waals surface area contributed by atoms with E-state index in [-0.39, 0.29) is 12.1 Å². The molecule has 2 amide bonds. The van der Waals surface area contributed by atoms with E-state index >= 15 is 0 Å². The highest BCUT2D eigenvalue weighted by molar-refractivity contribution is 5.90. The molecule has 0 radical (unpaired) electrons. The Labute approximate surface area is 155 Å². The Morgan fingerprint density at radius 2 is 2.04 bits per heavy atom. The zero-order valence-corrected chi connectivity index (χ0v) is 14.9. The number of urea groups is 1. The van der Waals surface area contributed by atoms with Crippen molar-refractivity contribution in [1.29, 1.82) is 0 Å². The predicted molar refractivity (Wildman–Crippen MR) is 96.5 cm³/mol. The van der Waals surface area contributed by atoms with Crippen LogP contribution in [0, 0.1) is 6.92 Å². The van der Waals surface area contributed by atoms with Crippen LogP contribution in [0.15, 0.2) is 36.4 Å². The number of benzene rings is 2. The van der Waals surface area contributed by atoms with Crippen molar-refractivity contribution in [2.45, 2.75) is 45.0 Å². The van der Waals surface area contributed by atoms with Crippen molar-refractivity contribution >= 4 is 11.7 Å². The van der Waals surface area contributed by atoms with Gasteiger partial charge < -0.3 is 15.7 Å². The van der Waals surface area contributed by atoms with E-state index in [2.05, 4.69) is 10.6 Å². The zero-order chi connectivity index (χ0) is 19.6. The van der Waals surface area contributed by atoms with Crippen molar-refractivity contribution in [3.63, 3.8) is 0 Å². The van der Waals surface area contributed by atoms with Crippen LogP contribution in [0.1, 0.15) is 34.2 Å². The van der Waals surface area contributed by atoms with Gasteiger partial charge in [0.15, 0.2) is 0 Å². The molecule has 0 aliphatic heterocycles. The average Bonchev–Trinajstić information content (AvgIpc) is 2.60. The van der Waals surface area contributed by atoms with Crippen molar-refractivity contribution in [3.05, 3.63) is 64.2 Å². The first-order chi connectivity index (χ1) is 12.7. The number of aryl methyl sites for hydroxylation is 2. The minimum Gasteiger partial charge on any atom is -0.393 e. The Balaban J connectivity index is 1.66. The molecule has 0 heterocycles. The van der Waals surface area contributed by atoms with E-state index in [1.165, 1.54) is 13.0 Å². The molecule has 7 heteroatoms.